The topological polar surface area (TPSA) is 151 Å². The Balaban J connectivity index is 1.36. The molecule has 36 heavy (non-hydrogen) atoms. The summed E-state index contributed by atoms with van der Waals surface area (Å²) in [5.74, 6) is -1.79. The van der Waals surface area contributed by atoms with Crippen LogP contribution in [0.25, 0.3) is 10.1 Å². The fourth-order valence-electron chi connectivity index (χ4n) is 4.17. The molecule has 2 amide bonds. The zero-order valence-electron chi connectivity index (χ0n) is 19.0. The number of aliphatic carboxylic acids is 1. The molecule has 0 spiro atoms. The molecular weight excluding hydrogens is 504 g/mol. The number of thioether (sulfide) groups is 1. The van der Waals surface area contributed by atoms with E-state index in [0.29, 0.717) is 17.9 Å². The van der Waals surface area contributed by atoms with E-state index in [1.54, 1.807) is 29.5 Å². The molecule has 1 saturated heterocycles. The van der Waals surface area contributed by atoms with Gasteiger partial charge in [0.25, 0.3) is 11.8 Å². The van der Waals surface area contributed by atoms with E-state index in [0.717, 1.165) is 10.1 Å². The fraction of sp³-hybridized carbons (Fsp3) is 0.217. The first-order valence-electron chi connectivity index (χ1n) is 10.8. The highest BCUT2D eigenvalue weighted by Gasteiger charge is 2.54. The standard InChI is InChI=1S/C23H20N6O5S2/c1-34-27-17(14-3-2-4-16(24)25-14)20(30)26-18-21(31)29-19(23(32)33)13(11-36-22(18)29)10-28-7-5-15-12(9-28)6-8-35-15/h2-9,18,22H,10-11H2,1H3,(H3-,24,25,26,30,32,33)/p+1/b27-17+. The molecule has 0 radical (unpaired) electrons. The summed E-state index contributed by atoms with van der Waals surface area (Å²) in [6.07, 6.45) is 3.85. The third-order valence-corrected chi connectivity index (χ3v) is 8.01. The predicted molar refractivity (Wildman–Crippen MR) is 134 cm³/mol. The van der Waals surface area contributed by atoms with E-state index in [9.17, 15) is 19.5 Å². The molecule has 0 bridgehead atoms. The molecule has 13 heteroatoms. The van der Waals surface area contributed by atoms with Gasteiger partial charge in [0, 0.05) is 22.1 Å². The van der Waals surface area contributed by atoms with Crippen LogP contribution in [0.1, 0.15) is 5.69 Å². The SMILES string of the molecule is CO/N=C(/C(=O)NC1C(=O)N2C(C(=O)O)=C(C[n+]3ccc4sccc4c3)CSC12)c1cccc(N)n1. The first-order chi connectivity index (χ1) is 17.4. The summed E-state index contributed by atoms with van der Waals surface area (Å²) in [5.41, 5.74) is 6.32. The van der Waals surface area contributed by atoms with Gasteiger partial charge >= 0.3 is 5.97 Å². The second kappa shape index (κ2) is 9.59. The Morgan fingerprint density at radius 3 is 2.94 bits per heavy atom. The number of rotatable bonds is 7. The van der Waals surface area contributed by atoms with Crippen LogP contribution >= 0.6 is 23.1 Å². The largest absolute Gasteiger partial charge is 0.477 e. The van der Waals surface area contributed by atoms with Crippen molar-refractivity contribution in [3.63, 3.8) is 0 Å². The number of fused-ring (bicyclic) bond motifs is 2. The molecule has 2 aliphatic rings. The molecular formula is C23H21N6O5S2+. The zero-order chi connectivity index (χ0) is 25.4. The Labute approximate surface area is 213 Å². The average Bonchev–Trinajstić information content (AvgIpc) is 3.33. The highest BCUT2D eigenvalue weighted by atomic mass is 32.2. The maximum atomic E-state index is 13.0. The Kier molecular flexibility index (Phi) is 6.33. The number of hydrogen-bond donors (Lipinski definition) is 3. The van der Waals surface area contributed by atoms with Gasteiger partial charge in [0.15, 0.2) is 24.7 Å². The van der Waals surface area contributed by atoms with E-state index < -0.39 is 29.2 Å². The molecule has 4 N–H and O–H groups in total. The van der Waals surface area contributed by atoms with Gasteiger partial charge in [0.05, 0.1) is 5.39 Å². The van der Waals surface area contributed by atoms with Crippen LogP contribution in [0.2, 0.25) is 0 Å². The van der Waals surface area contributed by atoms with Crippen molar-refractivity contribution < 1.29 is 28.9 Å². The van der Waals surface area contributed by atoms with Crippen molar-refractivity contribution in [1.82, 2.24) is 15.2 Å². The summed E-state index contributed by atoms with van der Waals surface area (Å²) < 4.78 is 3.04. The van der Waals surface area contributed by atoms with E-state index in [2.05, 4.69) is 15.5 Å². The first-order valence-corrected chi connectivity index (χ1v) is 12.7. The van der Waals surface area contributed by atoms with Crippen LogP contribution < -0.4 is 15.6 Å². The van der Waals surface area contributed by atoms with Gasteiger partial charge in [-0.15, -0.1) is 23.1 Å². The number of pyridine rings is 2. The van der Waals surface area contributed by atoms with E-state index in [-0.39, 0.29) is 22.9 Å². The molecule has 11 nitrogen and oxygen atoms in total. The summed E-state index contributed by atoms with van der Waals surface area (Å²) in [7, 11) is 1.28. The van der Waals surface area contributed by atoms with Crippen LogP contribution in [-0.2, 0) is 25.8 Å². The van der Waals surface area contributed by atoms with Crippen molar-refractivity contribution >= 4 is 62.5 Å². The summed E-state index contributed by atoms with van der Waals surface area (Å²) in [4.78, 5) is 48.3. The maximum absolute atomic E-state index is 13.0. The van der Waals surface area contributed by atoms with Gasteiger partial charge in [0.2, 0.25) is 0 Å². The van der Waals surface area contributed by atoms with Crippen molar-refractivity contribution in [2.24, 2.45) is 5.16 Å². The summed E-state index contributed by atoms with van der Waals surface area (Å²) in [6, 6.07) is 7.78. The monoisotopic (exact) mass is 525 g/mol. The van der Waals surface area contributed by atoms with E-state index in [1.165, 1.54) is 23.8 Å². The molecule has 2 atom stereocenters. The molecule has 5 heterocycles. The smallest absolute Gasteiger partial charge is 0.352 e. The Morgan fingerprint density at radius 2 is 2.19 bits per heavy atom. The third-order valence-electron chi connectivity index (χ3n) is 5.77. The molecule has 5 rings (SSSR count). The minimum absolute atomic E-state index is 0.0459. The van der Waals surface area contributed by atoms with E-state index in [1.807, 2.05) is 34.5 Å². The molecule has 2 unspecified atom stereocenters. The second-order valence-electron chi connectivity index (χ2n) is 8.05. The molecule has 1 fully saturated rings. The highest BCUT2D eigenvalue weighted by molar-refractivity contribution is 8.00. The lowest BCUT2D eigenvalue weighted by atomic mass is 10.0. The number of β-lactam (4-membered cyclic amide) rings is 1. The number of carbonyl (C=O) groups excluding carboxylic acids is 2. The Bertz CT molecular complexity index is 1450. The first kappa shape index (κ1) is 23.8. The summed E-state index contributed by atoms with van der Waals surface area (Å²) in [5, 5.41) is 18.8. The quantitative estimate of drug-likeness (QED) is 0.179. The predicted octanol–water partition coefficient (Wildman–Crippen LogP) is 0.955. The number of aromatic nitrogens is 2. The number of thiophene rings is 1. The van der Waals surface area contributed by atoms with Crippen molar-refractivity contribution in [2.45, 2.75) is 18.0 Å². The molecule has 0 aliphatic carbocycles. The number of carbonyl (C=O) groups is 3. The van der Waals surface area contributed by atoms with Gasteiger partial charge in [-0.05, 0) is 23.6 Å². The van der Waals surface area contributed by atoms with Gasteiger partial charge < -0.3 is 21.0 Å². The zero-order valence-corrected chi connectivity index (χ0v) is 20.6. The highest BCUT2D eigenvalue weighted by Crippen LogP contribution is 2.40. The summed E-state index contributed by atoms with van der Waals surface area (Å²) >= 11 is 3.02. The van der Waals surface area contributed by atoms with Crippen LogP contribution in [0.4, 0.5) is 5.82 Å². The van der Waals surface area contributed by atoms with E-state index >= 15 is 0 Å². The van der Waals surface area contributed by atoms with Crippen LogP contribution in [-0.4, -0.2) is 62.8 Å². The average molecular weight is 526 g/mol. The number of carboxylic acids is 1. The number of anilines is 1. The maximum Gasteiger partial charge on any atom is 0.352 e. The number of nitrogens with two attached hydrogens (primary N) is 1. The fourth-order valence-corrected chi connectivity index (χ4v) is 6.26. The lowest BCUT2D eigenvalue weighted by Crippen LogP contribution is -2.71. The molecule has 3 aromatic rings. The Hall–Kier alpha value is -3.97. The van der Waals surface area contributed by atoms with Crippen molar-refractivity contribution in [3.05, 3.63) is 65.1 Å². The second-order valence-corrected chi connectivity index (χ2v) is 10.1. The third kappa shape index (κ3) is 4.27. The van der Waals surface area contributed by atoms with E-state index in [4.69, 9.17) is 10.6 Å². The van der Waals surface area contributed by atoms with Gasteiger partial charge in [-0.25, -0.2) is 14.3 Å². The van der Waals surface area contributed by atoms with Crippen LogP contribution in [0.15, 0.2) is 64.5 Å². The summed E-state index contributed by atoms with van der Waals surface area (Å²) in [6.45, 7) is 0.333. The number of nitrogens with one attached hydrogen (secondary N) is 1. The number of amides is 2. The van der Waals surface area contributed by atoms with Gasteiger partial charge in [0.1, 0.15) is 35.7 Å². The van der Waals surface area contributed by atoms with Crippen molar-refractivity contribution in [2.75, 3.05) is 18.6 Å². The minimum Gasteiger partial charge on any atom is -0.477 e. The van der Waals surface area contributed by atoms with Crippen LogP contribution in [0, 0.1) is 0 Å². The number of nitrogen functional groups attached to an aromatic ring is 1. The number of hydrogen-bond acceptors (Lipinski definition) is 9. The lowest BCUT2D eigenvalue weighted by molar-refractivity contribution is -0.687. The van der Waals surface area contributed by atoms with Gasteiger partial charge in [-0.3, -0.25) is 14.5 Å². The molecule has 184 valence electrons. The normalized spacial score (nSPS) is 19.6. The number of carboxylic acid groups (broad SMARTS) is 1. The van der Waals surface area contributed by atoms with Crippen molar-refractivity contribution in [3.8, 4) is 0 Å². The molecule has 0 saturated carbocycles. The lowest BCUT2D eigenvalue weighted by Gasteiger charge is -2.49. The Morgan fingerprint density at radius 1 is 1.36 bits per heavy atom. The van der Waals surface area contributed by atoms with Crippen LogP contribution in [0.5, 0.6) is 0 Å². The minimum atomic E-state index is -1.18. The van der Waals surface area contributed by atoms with Crippen LogP contribution in [0.3, 0.4) is 0 Å². The van der Waals surface area contributed by atoms with Crippen molar-refractivity contribution in [1.29, 1.82) is 0 Å². The number of nitrogens with zero attached hydrogens (tertiary/aromatic N) is 4. The molecule has 3 aromatic heterocycles. The number of oxime groups is 1. The van der Waals surface area contributed by atoms with Gasteiger partial charge in [-0.1, -0.05) is 11.2 Å². The molecule has 0 aromatic carbocycles. The molecule has 2 aliphatic heterocycles. The van der Waals surface area contributed by atoms with Gasteiger partial charge in [-0.2, -0.15) is 0 Å².